The summed E-state index contributed by atoms with van der Waals surface area (Å²) in [6.45, 7) is 1.83. The summed E-state index contributed by atoms with van der Waals surface area (Å²) >= 11 is 6.03. The molecular weight excluding hydrogens is 338 g/mol. The van der Waals surface area contributed by atoms with Crippen molar-refractivity contribution in [1.82, 2.24) is 15.3 Å². The Hall–Kier alpha value is -2.14. The van der Waals surface area contributed by atoms with Crippen LogP contribution in [0.2, 0.25) is 5.02 Å². The number of hydrogen-bond donors (Lipinski definition) is 1. The van der Waals surface area contributed by atoms with Crippen molar-refractivity contribution in [3.05, 3.63) is 41.0 Å². The second kappa shape index (κ2) is 8.30. The van der Waals surface area contributed by atoms with E-state index in [9.17, 15) is 4.79 Å². The highest BCUT2D eigenvalue weighted by Gasteiger charge is 2.16. The van der Waals surface area contributed by atoms with Crippen LogP contribution in [0.25, 0.3) is 11.4 Å². The van der Waals surface area contributed by atoms with Gasteiger partial charge in [0.05, 0.1) is 0 Å². The Balaban J connectivity index is 1.63. The van der Waals surface area contributed by atoms with Crippen molar-refractivity contribution in [2.24, 2.45) is 0 Å². The second-order valence-electron chi connectivity index (χ2n) is 6.37. The predicted octanol–water partition coefficient (Wildman–Crippen LogP) is 3.93. The Kier molecular flexibility index (Phi) is 5.87. The van der Waals surface area contributed by atoms with Gasteiger partial charge in [-0.15, -0.1) is 0 Å². The van der Waals surface area contributed by atoms with Crippen LogP contribution in [0, 0.1) is 6.92 Å². The van der Waals surface area contributed by atoms with Crippen LogP contribution in [0.3, 0.4) is 0 Å². The fourth-order valence-corrected chi connectivity index (χ4v) is 3.22. The van der Waals surface area contributed by atoms with Crippen molar-refractivity contribution in [3.63, 3.8) is 0 Å². The van der Waals surface area contributed by atoms with Gasteiger partial charge in [-0.1, -0.05) is 43.0 Å². The first-order valence-electron chi connectivity index (χ1n) is 8.64. The maximum Gasteiger partial charge on any atom is 0.258 e. The molecule has 1 aromatic heterocycles. The van der Waals surface area contributed by atoms with E-state index in [0.29, 0.717) is 16.7 Å². The van der Waals surface area contributed by atoms with E-state index in [-0.39, 0.29) is 18.6 Å². The minimum atomic E-state index is -0.104. The number of carbonyl (C=O) groups excluding carboxylic acids is 1. The molecule has 1 fully saturated rings. The first-order valence-corrected chi connectivity index (χ1v) is 9.02. The summed E-state index contributed by atoms with van der Waals surface area (Å²) in [5.74, 6) is 0.818. The Morgan fingerprint density at radius 3 is 2.80 bits per heavy atom. The lowest BCUT2D eigenvalue weighted by Gasteiger charge is -2.22. The third-order valence-corrected chi connectivity index (χ3v) is 4.47. The zero-order valence-electron chi connectivity index (χ0n) is 14.3. The number of nitrogens with zero attached hydrogens (tertiary/aromatic N) is 2. The SMILES string of the molecule is Cc1cc(OCC(=O)NC2CCCCC2)nc(-c2cccc(Cl)c2)n1. The van der Waals surface area contributed by atoms with Gasteiger partial charge in [-0.25, -0.2) is 4.98 Å². The number of nitrogens with one attached hydrogen (secondary N) is 1. The molecule has 0 aliphatic heterocycles. The molecule has 0 unspecified atom stereocenters. The van der Waals surface area contributed by atoms with Crippen LogP contribution < -0.4 is 10.1 Å². The molecule has 1 aliphatic carbocycles. The molecule has 1 N–H and O–H groups in total. The second-order valence-corrected chi connectivity index (χ2v) is 6.81. The number of benzene rings is 1. The predicted molar refractivity (Wildman–Crippen MR) is 97.7 cm³/mol. The number of amides is 1. The number of carbonyl (C=O) groups is 1. The van der Waals surface area contributed by atoms with E-state index in [1.165, 1.54) is 19.3 Å². The first-order chi connectivity index (χ1) is 12.1. The summed E-state index contributed by atoms with van der Waals surface area (Å²) in [4.78, 5) is 20.9. The average molecular weight is 360 g/mol. The molecule has 132 valence electrons. The van der Waals surface area contributed by atoms with Crippen LogP contribution in [-0.4, -0.2) is 28.5 Å². The van der Waals surface area contributed by atoms with Crippen molar-refractivity contribution in [2.75, 3.05) is 6.61 Å². The zero-order chi connectivity index (χ0) is 17.6. The smallest absolute Gasteiger partial charge is 0.258 e. The number of aromatic nitrogens is 2. The van der Waals surface area contributed by atoms with Gasteiger partial charge in [-0.05, 0) is 31.9 Å². The van der Waals surface area contributed by atoms with Crippen LogP contribution in [-0.2, 0) is 4.79 Å². The van der Waals surface area contributed by atoms with E-state index in [0.717, 1.165) is 24.1 Å². The molecule has 0 saturated heterocycles. The Bertz CT molecular complexity index is 745. The van der Waals surface area contributed by atoms with E-state index in [4.69, 9.17) is 16.3 Å². The molecule has 6 heteroatoms. The monoisotopic (exact) mass is 359 g/mol. The summed E-state index contributed by atoms with van der Waals surface area (Å²) in [5.41, 5.74) is 1.58. The van der Waals surface area contributed by atoms with Crippen LogP contribution in [0.1, 0.15) is 37.8 Å². The number of ether oxygens (including phenoxy) is 1. The fraction of sp³-hybridized carbons (Fsp3) is 0.421. The topological polar surface area (TPSA) is 64.1 Å². The standard InChI is InChI=1S/C19H22ClN3O2/c1-13-10-18(23-19(21-13)14-6-5-7-15(20)11-14)25-12-17(24)22-16-8-3-2-4-9-16/h5-7,10-11,16H,2-4,8-9,12H2,1H3,(H,22,24). The lowest BCUT2D eigenvalue weighted by molar-refractivity contribution is -0.124. The average Bonchev–Trinajstić information content (AvgIpc) is 2.60. The van der Waals surface area contributed by atoms with Crippen molar-refractivity contribution in [3.8, 4) is 17.3 Å². The molecule has 1 amide bonds. The van der Waals surface area contributed by atoms with Crippen LogP contribution >= 0.6 is 11.6 Å². The molecular formula is C19H22ClN3O2. The van der Waals surface area contributed by atoms with Crippen molar-refractivity contribution < 1.29 is 9.53 Å². The largest absolute Gasteiger partial charge is 0.467 e. The molecule has 2 aromatic rings. The summed E-state index contributed by atoms with van der Waals surface area (Å²) in [7, 11) is 0. The lowest BCUT2D eigenvalue weighted by atomic mass is 9.95. The highest BCUT2D eigenvalue weighted by Crippen LogP contribution is 2.22. The van der Waals surface area contributed by atoms with Crippen molar-refractivity contribution in [2.45, 2.75) is 45.1 Å². The minimum absolute atomic E-state index is 0.0397. The minimum Gasteiger partial charge on any atom is -0.467 e. The van der Waals surface area contributed by atoms with Gasteiger partial charge < -0.3 is 10.1 Å². The van der Waals surface area contributed by atoms with Gasteiger partial charge in [-0.3, -0.25) is 4.79 Å². The van der Waals surface area contributed by atoms with Crippen molar-refractivity contribution in [1.29, 1.82) is 0 Å². The molecule has 0 spiro atoms. The molecule has 25 heavy (non-hydrogen) atoms. The maximum atomic E-state index is 12.1. The molecule has 0 radical (unpaired) electrons. The molecule has 3 rings (SSSR count). The van der Waals surface area contributed by atoms with Crippen LogP contribution in [0.4, 0.5) is 0 Å². The first kappa shape index (κ1) is 17.7. The van der Waals surface area contributed by atoms with Gasteiger partial charge >= 0.3 is 0 Å². The summed E-state index contributed by atoms with van der Waals surface area (Å²) in [6.07, 6.45) is 5.73. The Morgan fingerprint density at radius 1 is 1.24 bits per heavy atom. The van der Waals surface area contributed by atoms with Crippen molar-refractivity contribution >= 4 is 17.5 Å². The third-order valence-electron chi connectivity index (χ3n) is 4.23. The highest BCUT2D eigenvalue weighted by atomic mass is 35.5. The maximum absolute atomic E-state index is 12.1. The zero-order valence-corrected chi connectivity index (χ0v) is 15.1. The van der Waals surface area contributed by atoms with Gasteiger partial charge in [-0.2, -0.15) is 4.98 Å². The molecule has 0 atom stereocenters. The number of halogens is 1. The number of rotatable bonds is 5. The van der Waals surface area contributed by atoms with Crippen LogP contribution in [0.5, 0.6) is 5.88 Å². The highest BCUT2D eigenvalue weighted by molar-refractivity contribution is 6.30. The number of aryl methyl sites for hydroxylation is 1. The number of hydrogen-bond acceptors (Lipinski definition) is 4. The van der Waals surface area contributed by atoms with Gasteiger partial charge in [0.15, 0.2) is 12.4 Å². The molecule has 5 nitrogen and oxygen atoms in total. The molecule has 1 heterocycles. The fourth-order valence-electron chi connectivity index (χ4n) is 3.03. The van der Waals surface area contributed by atoms with Gasteiger partial charge in [0.1, 0.15) is 0 Å². The lowest BCUT2D eigenvalue weighted by Crippen LogP contribution is -2.39. The van der Waals surface area contributed by atoms with E-state index >= 15 is 0 Å². The van der Waals surface area contributed by atoms with E-state index in [2.05, 4.69) is 15.3 Å². The quantitative estimate of drug-likeness (QED) is 0.878. The third kappa shape index (κ3) is 5.16. The molecule has 1 aliphatic rings. The molecule has 0 bridgehead atoms. The van der Waals surface area contributed by atoms with Crippen LogP contribution in [0.15, 0.2) is 30.3 Å². The summed E-state index contributed by atoms with van der Waals surface area (Å²) in [5, 5.41) is 3.65. The summed E-state index contributed by atoms with van der Waals surface area (Å²) in [6, 6.07) is 9.34. The van der Waals surface area contributed by atoms with E-state index in [1.807, 2.05) is 19.1 Å². The Labute approximate surface area is 152 Å². The van der Waals surface area contributed by atoms with E-state index < -0.39 is 0 Å². The van der Waals surface area contributed by atoms with Gasteiger partial charge in [0, 0.05) is 28.4 Å². The van der Waals surface area contributed by atoms with E-state index in [1.54, 1.807) is 18.2 Å². The molecule has 1 saturated carbocycles. The normalized spacial score (nSPS) is 15.0. The Morgan fingerprint density at radius 2 is 2.04 bits per heavy atom. The molecule has 1 aromatic carbocycles. The van der Waals surface area contributed by atoms with Gasteiger partial charge in [0.25, 0.3) is 5.91 Å². The van der Waals surface area contributed by atoms with Gasteiger partial charge in [0.2, 0.25) is 5.88 Å². The summed E-state index contributed by atoms with van der Waals surface area (Å²) < 4.78 is 5.59.